The SMILES string of the molecule is CC(=O)N(C)C(=O)N(C)C(=O)I. The monoisotopic (exact) mass is 284 g/mol. The van der Waals surface area contributed by atoms with Crippen molar-refractivity contribution in [2.45, 2.75) is 6.92 Å². The summed E-state index contributed by atoms with van der Waals surface area (Å²) in [5.74, 6) is -0.399. The van der Waals surface area contributed by atoms with Crippen molar-refractivity contribution < 1.29 is 14.4 Å². The molecule has 0 heterocycles. The first kappa shape index (κ1) is 11.3. The quantitative estimate of drug-likeness (QED) is 0.380. The number of rotatable bonds is 0. The topological polar surface area (TPSA) is 57.7 Å². The summed E-state index contributed by atoms with van der Waals surface area (Å²) < 4.78 is -0.425. The molecule has 4 amide bonds. The van der Waals surface area contributed by atoms with Gasteiger partial charge in [0.2, 0.25) is 5.91 Å². The average molecular weight is 284 g/mol. The summed E-state index contributed by atoms with van der Waals surface area (Å²) in [7, 11) is 2.64. The highest BCUT2D eigenvalue weighted by molar-refractivity contribution is 14.1. The maximum Gasteiger partial charge on any atom is 0.333 e. The molecule has 12 heavy (non-hydrogen) atoms. The summed E-state index contributed by atoms with van der Waals surface area (Å²) in [5, 5.41) is 0. The number of amides is 4. The van der Waals surface area contributed by atoms with Crippen LogP contribution in [0.15, 0.2) is 0 Å². The van der Waals surface area contributed by atoms with Gasteiger partial charge in [0.05, 0.1) is 0 Å². The van der Waals surface area contributed by atoms with Crippen LogP contribution in [0.1, 0.15) is 6.92 Å². The van der Waals surface area contributed by atoms with E-state index in [1.54, 1.807) is 0 Å². The minimum absolute atomic E-state index is 0.399. The van der Waals surface area contributed by atoms with Crippen molar-refractivity contribution in [2.24, 2.45) is 0 Å². The molecule has 0 saturated heterocycles. The molecule has 5 nitrogen and oxygen atoms in total. The van der Waals surface area contributed by atoms with Gasteiger partial charge in [-0.25, -0.2) is 4.79 Å². The zero-order valence-corrected chi connectivity index (χ0v) is 9.15. The Labute approximate surface area is 83.8 Å². The van der Waals surface area contributed by atoms with Crippen LogP contribution in [0.25, 0.3) is 0 Å². The van der Waals surface area contributed by atoms with Crippen molar-refractivity contribution in [2.75, 3.05) is 14.1 Å². The van der Waals surface area contributed by atoms with Gasteiger partial charge in [-0.05, 0) is 0 Å². The van der Waals surface area contributed by atoms with Crippen LogP contribution in [0.5, 0.6) is 0 Å². The van der Waals surface area contributed by atoms with Crippen molar-refractivity contribution in [3.8, 4) is 0 Å². The molecule has 0 N–H and O–H groups in total. The lowest BCUT2D eigenvalue weighted by Crippen LogP contribution is -2.42. The molecule has 0 aliphatic heterocycles. The first-order valence-electron chi connectivity index (χ1n) is 3.09. The van der Waals surface area contributed by atoms with E-state index in [4.69, 9.17) is 0 Å². The molecule has 0 atom stereocenters. The number of hydrogen-bond donors (Lipinski definition) is 0. The van der Waals surface area contributed by atoms with Crippen molar-refractivity contribution in [3.63, 3.8) is 0 Å². The second-order valence-electron chi connectivity index (χ2n) is 2.17. The smallest absolute Gasteiger partial charge is 0.275 e. The Bertz CT molecular complexity index is 207. The molecule has 0 aliphatic carbocycles. The van der Waals surface area contributed by atoms with Crippen LogP contribution in [0.4, 0.5) is 9.59 Å². The minimum atomic E-state index is -0.623. The number of carbonyl (C=O) groups excluding carboxylic acids is 3. The molecular formula is C6H9IN2O3. The lowest BCUT2D eigenvalue weighted by molar-refractivity contribution is -0.125. The molecule has 0 fully saturated rings. The lowest BCUT2D eigenvalue weighted by Gasteiger charge is -2.18. The Kier molecular flexibility index (Phi) is 4.15. The van der Waals surface area contributed by atoms with Crippen LogP contribution in [0.2, 0.25) is 0 Å². The zero-order chi connectivity index (χ0) is 9.89. The highest BCUT2D eigenvalue weighted by Crippen LogP contribution is 2.00. The molecule has 0 bridgehead atoms. The van der Waals surface area contributed by atoms with Gasteiger partial charge in [-0.1, -0.05) is 0 Å². The fourth-order valence-electron chi connectivity index (χ4n) is 0.435. The van der Waals surface area contributed by atoms with Crippen molar-refractivity contribution in [1.29, 1.82) is 0 Å². The van der Waals surface area contributed by atoms with E-state index >= 15 is 0 Å². The Hall–Kier alpha value is -0.660. The molecule has 0 radical (unpaired) electrons. The van der Waals surface area contributed by atoms with E-state index in [0.717, 1.165) is 9.80 Å². The van der Waals surface area contributed by atoms with Gasteiger partial charge in [0.15, 0.2) is 0 Å². The number of imide groups is 2. The second kappa shape index (κ2) is 4.39. The van der Waals surface area contributed by atoms with Gasteiger partial charge in [-0.2, -0.15) is 0 Å². The standard InChI is InChI=1S/C6H9IN2O3/c1-4(10)8(2)6(12)9(3)5(7)11/h1-3H3. The van der Waals surface area contributed by atoms with E-state index < -0.39 is 15.9 Å². The molecule has 0 aromatic carbocycles. The van der Waals surface area contributed by atoms with Gasteiger partial charge < -0.3 is 0 Å². The third-order valence-corrected chi connectivity index (χ3v) is 2.03. The van der Waals surface area contributed by atoms with Crippen molar-refractivity contribution >= 4 is 38.4 Å². The molecule has 68 valence electrons. The number of nitrogens with zero attached hydrogens (tertiary/aromatic N) is 2. The molecule has 0 unspecified atom stereocenters. The number of urea groups is 1. The highest BCUT2D eigenvalue weighted by Gasteiger charge is 2.20. The van der Waals surface area contributed by atoms with Gasteiger partial charge >= 0.3 is 6.03 Å². The van der Waals surface area contributed by atoms with Crippen LogP contribution in [0, 0.1) is 0 Å². The van der Waals surface area contributed by atoms with Crippen LogP contribution in [-0.2, 0) is 4.79 Å². The van der Waals surface area contributed by atoms with E-state index in [0.29, 0.717) is 0 Å². The van der Waals surface area contributed by atoms with Crippen molar-refractivity contribution in [3.05, 3.63) is 0 Å². The molecule has 0 aromatic rings. The maximum atomic E-state index is 11.1. The third kappa shape index (κ3) is 2.76. The van der Waals surface area contributed by atoms with E-state index in [9.17, 15) is 14.4 Å². The summed E-state index contributed by atoms with van der Waals surface area (Å²) in [6.07, 6.45) is 0. The number of hydrogen-bond acceptors (Lipinski definition) is 3. The Morgan fingerprint density at radius 3 is 1.75 bits per heavy atom. The molecule has 0 spiro atoms. The van der Waals surface area contributed by atoms with E-state index in [1.165, 1.54) is 43.6 Å². The van der Waals surface area contributed by atoms with Crippen molar-refractivity contribution in [1.82, 2.24) is 9.80 Å². The number of carbonyl (C=O) groups is 3. The van der Waals surface area contributed by atoms with Gasteiger partial charge in [-0.3, -0.25) is 19.4 Å². The normalized spacial score (nSPS) is 9.00. The van der Waals surface area contributed by atoms with E-state index in [1.807, 2.05) is 0 Å². The predicted octanol–water partition coefficient (Wildman–Crippen LogP) is 1.07. The highest BCUT2D eigenvalue weighted by atomic mass is 127. The van der Waals surface area contributed by atoms with E-state index in [-0.39, 0.29) is 0 Å². The van der Waals surface area contributed by atoms with Crippen LogP contribution < -0.4 is 0 Å². The third-order valence-electron chi connectivity index (χ3n) is 1.31. The van der Waals surface area contributed by atoms with Crippen LogP contribution in [0.3, 0.4) is 0 Å². The number of halogens is 1. The Morgan fingerprint density at radius 2 is 1.50 bits per heavy atom. The molecular weight excluding hydrogens is 275 g/mol. The first-order valence-corrected chi connectivity index (χ1v) is 4.17. The van der Waals surface area contributed by atoms with Gasteiger partial charge in [-0.15, -0.1) is 0 Å². The van der Waals surface area contributed by atoms with Crippen LogP contribution >= 0.6 is 22.6 Å². The van der Waals surface area contributed by atoms with E-state index in [2.05, 4.69) is 0 Å². The summed E-state index contributed by atoms with van der Waals surface area (Å²) >= 11 is 1.47. The fourth-order valence-corrected chi connectivity index (χ4v) is 0.641. The molecule has 6 heteroatoms. The average Bonchev–Trinajstić information content (AvgIpc) is 2.00. The first-order chi connectivity index (χ1) is 5.37. The summed E-state index contributed by atoms with van der Waals surface area (Å²) in [6, 6.07) is -0.623. The van der Waals surface area contributed by atoms with Gasteiger partial charge in [0.25, 0.3) is 3.91 Å². The largest absolute Gasteiger partial charge is 0.333 e. The molecule has 0 aromatic heterocycles. The minimum Gasteiger partial charge on any atom is -0.275 e. The zero-order valence-electron chi connectivity index (χ0n) is 7.00. The van der Waals surface area contributed by atoms with Crippen LogP contribution in [-0.4, -0.2) is 39.7 Å². The predicted molar refractivity (Wildman–Crippen MR) is 51.0 cm³/mol. The Balaban J connectivity index is 4.39. The molecule has 0 aliphatic rings. The molecule has 0 rings (SSSR count). The van der Waals surface area contributed by atoms with Gasteiger partial charge in [0.1, 0.15) is 0 Å². The Morgan fingerprint density at radius 1 is 1.08 bits per heavy atom. The summed E-state index contributed by atoms with van der Waals surface area (Å²) in [4.78, 5) is 34.2. The van der Waals surface area contributed by atoms with Gasteiger partial charge in [0, 0.05) is 43.6 Å². The fraction of sp³-hybridized carbons (Fsp3) is 0.500. The second-order valence-corrected chi connectivity index (χ2v) is 3.10. The summed E-state index contributed by atoms with van der Waals surface area (Å²) in [5.41, 5.74) is 0. The molecule has 0 saturated carbocycles. The summed E-state index contributed by atoms with van der Waals surface area (Å²) in [6.45, 7) is 1.25. The maximum absolute atomic E-state index is 11.1. The lowest BCUT2D eigenvalue weighted by atomic mass is 10.6.